The first-order valence-electron chi connectivity index (χ1n) is 7.39. The molecule has 4 N–H and O–H groups in total. The second kappa shape index (κ2) is 7.89. The van der Waals surface area contributed by atoms with Crippen LogP contribution in [0.15, 0.2) is 48.5 Å². The Morgan fingerprint density at radius 2 is 2.13 bits per heavy atom. The Hall–Kier alpha value is -2.95. The number of benzene rings is 2. The van der Waals surface area contributed by atoms with E-state index in [1.54, 1.807) is 30.3 Å². The van der Waals surface area contributed by atoms with Gasteiger partial charge in [0.25, 0.3) is 0 Å². The van der Waals surface area contributed by atoms with Crippen LogP contribution in [0, 0.1) is 0 Å². The summed E-state index contributed by atoms with van der Waals surface area (Å²) in [6.45, 7) is 2.64. The summed E-state index contributed by atoms with van der Waals surface area (Å²) in [5.74, 6) is 0.455. The van der Waals surface area contributed by atoms with Crippen molar-refractivity contribution in [3.63, 3.8) is 0 Å². The van der Waals surface area contributed by atoms with Crippen molar-refractivity contribution in [1.29, 1.82) is 0 Å². The molecule has 0 aromatic heterocycles. The number of anilines is 2. The van der Waals surface area contributed by atoms with Crippen molar-refractivity contribution in [3.8, 4) is 11.5 Å². The summed E-state index contributed by atoms with van der Waals surface area (Å²) in [6.07, 6.45) is 3.99. The summed E-state index contributed by atoms with van der Waals surface area (Å²) in [4.78, 5) is 11.9. The van der Waals surface area contributed by atoms with Crippen LogP contribution in [-0.4, -0.2) is 17.6 Å². The van der Waals surface area contributed by atoms with Crippen LogP contribution in [0.4, 0.5) is 11.4 Å². The number of hydrogen-bond acceptors (Lipinski definition) is 4. The smallest absolute Gasteiger partial charge is 0.248 e. The van der Waals surface area contributed by atoms with Crippen molar-refractivity contribution in [2.45, 2.75) is 13.3 Å². The third-order valence-corrected chi connectivity index (χ3v) is 3.04. The fraction of sp³-hybridized carbons (Fsp3) is 0.167. The van der Waals surface area contributed by atoms with Gasteiger partial charge in [0.2, 0.25) is 5.91 Å². The van der Waals surface area contributed by atoms with Crippen LogP contribution in [0.2, 0.25) is 0 Å². The Labute approximate surface area is 135 Å². The van der Waals surface area contributed by atoms with Crippen LogP contribution in [0.1, 0.15) is 18.9 Å². The third kappa shape index (κ3) is 5.07. The van der Waals surface area contributed by atoms with E-state index < -0.39 is 0 Å². The first-order valence-corrected chi connectivity index (χ1v) is 7.39. The number of carbonyl (C=O) groups excluding carboxylic acids is 1. The molecule has 0 aliphatic heterocycles. The molecule has 0 atom stereocenters. The molecule has 0 saturated heterocycles. The Morgan fingerprint density at radius 1 is 1.30 bits per heavy atom. The molecule has 5 nitrogen and oxygen atoms in total. The molecule has 0 unspecified atom stereocenters. The van der Waals surface area contributed by atoms with Crippen LogP contribution in [0.3, 0.4) is 0 Å². The minimum absolute atomic E-state index is 0.0993. The lowest BCUT2D eigenvalue weighted by Crippen LogP contribution is -2.07. The van der Waals surface area contributed by atoms with Gasteiger partial charge in [-0.3, -0.25) is 4.79 Å². The van der Waals surface area contributed by atoms with Crippen LogP contribution in [0.5, 0.6) is 11.5 Å². The van der Waals surface area contributed by atoms with E-state index in [-0.39, 0.29) is 11.7 Å². The van der Waals surface area contributed by atoms with Crippen molar-refractivity contribution in [2.24, 2.45) is 0 Å². The lowest BCUT2D eigenvalue weighted by atomic mass is 10.1. The molecule has 0 radical (unpaired) electrons. The minimum Gasteiger partial charge on any atom is -0.508 e. The first kappa shape index (κ1) is 16.4. The van der Waals surface area contributed by atoms with E-state index in [4.69, 9.17) is 10.5 Å². The maximum Gasteiger partial charge on any atom is 0.248 e. The Morgan fingerprint density at radius 3 is 2.83 bits per heavy atom. The number of ether oxygens (including phenoxy) is 1. The normalized spacial score (nSPS) is 10.7. The molecule has 2 aromatic carbocycles. The highest BCUT2D eigenvalue weighted by molar-refractivity contribution is 6.02. The molecule has 0 heterocycles. The maximum absolute atomic E-state index is 11.9. The number of rotatable bonds is 6. The van der Waals surface area contributed by atoms with Crippen molar-refractivity contribution in [3.05, 3.63) is 54.1 Å². The molecule has 0 saturated carbocycles. The van der Waals surface area contributed by atoms with Gasteiger partial charge in [-0.25, -0.2) is 0 Å². The molecule has 23 heavy (non-hydrogen) atoms. The molecule has 0 spiro atoms. The standard InChI is InChI=1S/C18H20N2O3/c1-2-10-23-17-8-6-13(11-16(17)19)7-9-18(22)20-14-4-3-5-15(21)12-14/h3-9,11-12,21H,2,10,19H2,1H3,(H,20,22)/b9-7-. The number of phenols is 1. The van der Waals surface area contributed by atoms with E-state index in [1.807, 2.05) is 13.0 Å². The number of hydrogen-bond donors (Lipinski definition) is 3. The van der Waals surface area contributed by atoms with Crippen molar-refractivity contribution >= 4 is 23.4 Å². The van der Waals surface area contributed by atoms with Gasteiger partial charge in [0.1, 0.15) is 11.5 Å². The summed E-state index contributed by atoms with van der Waals surface area (Å²) in [5, 5.41) is 12.0. The molecule has 0 aliphatic rings. The van der Waals surface area contributed by atoms with E-state index >= 15 is 0 Å². The topological polar surface area (TPSA) is 84.6 Å². The van der Waals surface area contributed by atoms with Crippen LogP contribution >= 0.6 is 0 Å². The molecule has 2 aromatic rings. The number of nitrogen functional groups attached to an aromatic ring is 1. The van der Waals surface area contributed by atoms with Crippen LogP contribution < -0.4 is 15.8 Å². The van der Waals surface area contributed by atoms with Gasteiger partial charge in [0, 0.05) is 17.8 Å². The van der Waals surface area contributed by atoms with E-state index in [1.165, 1.54) is 18.2 Å². The van der Waals surface area contributed by atoms with Crippen molar-refractivity contribution < 1.29 is 14.6 Å². The number of carbonyl (C=O) groups is 1. The van der Waals surface area contributed by atoms with Crippen molar-refractivity contribution in [1.82, 2.24) is 0 Å². The number of nitrogens with one attached hydrogen (secondary N) is 1. The SMILES string of the molecule is CCCOc1ccc(/C=C\C(=O)Nc2cccc(O)c2)cc1N. The molecule has 1 amide bonds. The summed E-state index contributed by atoms with van der Waals surface area (Å²) in [7, 11) is 0. The second-order valence-electron chi connectivity index (χ2n) is 5.02. The van der Waals surface area contributed by atoms with Gasteiger partial charge in [-0.15, -0.1) is 0 Å². The predicted molar refractivity (Wildman–Crippen MR) is 92.4 cm³/mol. The lowest BCUT2D eigenvalue weighted by molar-refractivity contribution is -0.111. The second-order valence-corrected chi connectivity index (χ2v) is 5.02. The third-order valence-electron chi connectivity index (χ3n) is 3.04. The van der Waals surface area contributed by atoms with Crippen LogP contribution in [0.25, 0.3) is 6.08 Å². The Bertz CT molecular complexity index is 711. The molecule has 2 rings (SSSR count). The Balaban J connectivity index is 1.99. The maximum atomic E-state index is 11.9. The van der Waals surface area contributed by atoms with Gasteiger partial charge in [-0.05, 0) is 42.3 Å². The molecular formula is C18H20N2O3. The quantitative estimate of drug-likeness (QED) is 0.563. The summed E-state index contributed by atoms with van der Waals surface area (Å²) in [5.41, 5.74) is 7.79. The fourth-order valence-electron chi connectivity index (χ4n) is 1.95. The molecule has 0 fully saturated rings. The van der Waals surface area contributed by atoms with Gasteiger partial charge >= 0.3 is 0 Å². The average Bonchev–Trinajstić information content (AvgIpc) is 2.52. The minimum atomic E-state index is -0.291. The average molecular weight is 312 g/mol. The molecular weight excluding hydrogens is 292 g/mol. The zero-order valence-electron chi connectivity index (χ0n) is 13.0. The van der Waals surface area contributed by atoms with Gasteiger partial charge in [0.15, 0.2) is 0 Å². The van der Waals surface area contributed by atoms with E-state index in [0.29, 0.717) is 23.7 Å². The van der Waals surface area contributed by atoms with Gasteiger partial charge < -0.3 is 20.9 Å². The van der Waals surface area contributed by atoms with E-state index in [9.17, 15) is 9.90 Å². The Kier molecular flexibility index (Phi) is 5.63. The predicted octanol–water partition coefficient (Wildman–Crippen LogP) is 3.42. The zero-order valence-corrected chi connectivity index (χ0v) is 13.0. The number of nitrogens with two attached hydrogens (primary N) is 1. The van der Waals surface area contributed by atoms with Gasteiger partial charge in [-0.2, -0.15) is 0 Å². The zero-order chi connectivity index (χ0) is 16.7. The van der Waals surface area contributed by atoms with Crippen molar-refractivity contribution in [2.75, 3.05) is 17.7 Å². The van der Waals surface area contributed by atoms with Crippen LogP contribution in [-0.2, 0) is 4.79 Å². The van der Waals surface area contributed by atoms with Gasteiger partial charge in [-0.1, -0.05) is 19.1 Å². The highest BCUT2D eigenvalue weighted by Gasteiger charge is 2.02. The summed E-state index contributed by atoms with van der Waals surface area (Å²) < 4.78 is 5.50. The largest absolute Gasteiger partial charge is 0.508 e. The van der Waals surface area contributed by atoms with Gasteiger partial charge in [0.05, 0.1) is 12.3 Å². The molecule has 0 aliphatic carbocycles. The van der Waals surface area contributed by atoms with E-state index in [0.717, 1.165) is 12.0 Å². The first-order chi connectivity index (χ1) is 11.1. The fourth-order valence-corrected chi connectivity index (χ4v) is 1.95. The lowest BCUT2D eigenvalue weighted by Gasteiger charge is -2.08. The number of aromatic hydroxyl groups is 1. The monoisotopic (exact) mass is 312 g/mol. The molecule has 120 valence electrons. The highest BCUT2D eigenvalue weighted by Crippen LogP contribution is 2.23. The molecule has 0 bridgehead atoms. The summed E-state index contributed by atoms with van der Waals surface area (Å²) >= 11 is 0. The summed E-state index contributed by atoms with van der Waals surface area (Å²) in [6, 6.07) is 11.7. The highest BCUT2D eigenvalue weighted by atomic mass is 16.5. The molecule has 5 heteroatoms. The van der Waals surface area contributed by atoms with E-state index in [2.05, 4.69) is 5.32 Å². The number of amides is 1. The number of phenolic OH excluding ortho intramolecular Hbond substituents is 1.